The molecule has 1 aliphatic heterocycles. The molecule has 11 heteroatoms. The van der Waals surface area contributed by atoms with Crippen molar-refractivity contribution < 1.29 is 22.3 Å². The first-order chi connectivity index (χ1) is 18.1. The summed E-state index contributed by atoms with van der Waals surface area (Å²) in [7, 11) is -1.89. The fourth-order valence-electron chi connectivity index (χ4n) is 4.38. The zero-order chi connectivity index (χ0) is 27.4. The van der Waals surface area contributed by atoms with Crippen molar-refractivity contribution in [1.29, 1.82) is 0 Å². The Bertz CT molecular complexity index is 1540. The van der Waals surface area contributed by atoms with E-state index in [4.69, 9.17) is 4.74 Å². The van der Waals surface area contributed by atoms with Crippen molar-refractivity contribution in [2.45, 2.75) is 30.5 Å². The summed E-state index contributed by atoms with van der Waals surface area (Å²) in [5.74, 6) is 3.27. The van der Waals surface area contributed by atoms with Crippen molar-refractivity contribution in [3.05, 3.63) is 48.7 Å². The van der Waals surface area contributed by atoms with Gasteiger partial charge in [-0.1, -0.05) is 24.6 Å². The maximum Gasteiger partial charge on any atom is 0.219 e. The van der Waals surface area contributed by atoms with Gasteiger partial charge in [0.25, 0.3) is 0 Å². The third kappa shape index (κ3) is 5.75. The van der Waals surface area contributed by atoms with Crippen LogP contribution < -0.4 is 15.4 Å². The first kappa shape index (κ1) is 27.0. The zero-order valence-corrected chi connectivity index (χ0v) is 22.3. The van der Waals surface area contributed by atoms with Gasteiger partial charge in [0.15, 0.2) is 9.84 Å². The van der Waals surface area contributed by atoms with Crippen molar-refractivity contribution in [1.82, 2.24) is 14.7 Å². The number of fused-ring (bicyclic) bond motifs is 1. The number of likely N-dealkylation sites (tertiary alicyclic amines) is 1. The molecule has 38 heavy (non-hydrogen) atoms. The normalized spacial score (nSPS) is 17.4. The third-order valence-corrected chi connectivity index (χ3v) is 7.52. The van der Waals surface area contributed by atoms with Crippen molar-refractivity contribution in [2.75, 3.05) is 43.6 Å². The van der Waals surface area contributed by atoms with Crippen LogP contribution in [0.3, 0.4) is 0 Å². The topological polar surface area (TPSA) is 106 Å². The number of ether oxygens (including phenoxy) is 1. The number of nitrogens with one attached hydrogen (secondary N) is 2. The van der Waals surface area contributed by atoms with Crippen LogP contribution in [0.4, 0.5) is 15.8 Å². The highest BCUT2D eigenvalue weighted by atomic mass is 32.2. The second kappa shape index (κ2) is 11.1. The van der Waals surface area contributed by atoms with E-state index < -0.39 is 22.1 Å². The van der Waals surface area contributed by atoms with Gasteiger partial charge in [0.2, 0.25) is 5.91 Å². The van der Waals surface area contributed by atoms with E-state index in [1.165, 1.54) is 35.7 Å². The highest BCUT2D eigenvalue weighted by molar-refractivity contribution is 7.90. The lowest BCUT2D eigenvalue weighted by molar-refractivity contribution is -0.131. The molecule has 3 aromatic rings. The van der Waals surface area contributed by atoms with Crippen LogP contribution in [0.15, 0.2) is 47.9 Å². The number of rotatable bonds is 7. The number of hydrogen-bond acceptors (Lipinski definition) is 7. The van der Waals surface area contributed by atoms with E-state index >= 15 is 0 Å². The van der Waals surface area contributed by atoms with E-state index in [-0.39, 0.29) is 23.9 Å². The Balaban J connectivity index is 1.52. The maximum absolute atomic E-state index is 14.8. The van der Waals surface area contributed by atoms with Crippen LogP contribution in [0, 0.1) is 12.0 Å². The number of sulfone groups is 1. The lowest BCUT2D eigenvalue weighted by Crippen LogP contribution is -2.49. The van der Waals surface area contributed by atoms with E-state index in [1.807, 2.05) is 18.2 Å². The third-order valence-electron chi connectivity index (χ3n) is 6.41. The van der Waals surface area contributed by atoms with E-state index in [1.54, 1.807) is 12.1 Å². The smallest absolute Gasteiger partial charge is 0.219 e. The number of alkyl halides is 1. The Labute approximate surface area is 221 Å². The summed E-state index contributed by atoms with van der Waals surface area (Å²) >= 11 is 0. The SMILES string of the molecule is C=Cc1c2cccc(N[C@@H]3CCN(C(C)=O)C[C@@H]3F)c2nn1C#CCNc1ccc(S(C)(=O)=O)cc1OC. The van der Waals surface area contributed by atoms with E-state index in [0.29, 0.717) is 41.3 Å². The fourth-order valence-corrected chi connectivity index (χ4v) is 5.02. The highest BCUT2D eigenvalue weighted by Gasteiger charge is 2.30. The predicted octanol–water partition coefficient (Wildman–Crippen LogP) is 3.38. The standard InChI is InChI=1S/C27H30FN5O4S/c1-5-25-20-8-6-9-24(30-22-12-15-32(18(2)34)17-21(22)28)27(20)31-33(25)14-7-13-29-23-11-10-19(38(4,35)36)16-26(23)37-3/h5-6,8-11,16,21-22,29-30H,1,12-13,15,17H2,2-4H3/t21-,22+/m0/s1. The number of aromatic nitrogens is 2. The van der Waals surface area contributed by atoms with E-state index in [0.717, 1.165) is 11.6 Å². The van der Waals surface area contributed by atoms with Gasteiger partial charge in [-0.3, -0.25) is 4.79 Å². The number of amides is 1. The van der Waals surface area contributed by atoms with Crippen LogP contribution in [0.5, 0.6) is 5.75 Å². The molecule has 0 saturated carbocycles. The number of benzene rings is 2. The molecule has 1 aromatic heterocycles. The molecular formula is C27H30FN5O4S. The average molecular weight is 540 g/mol. The molecule has 1 amide bonds. The summed E-state index contributed by atoms with van der Waals surface area (Å²) in [6, 6.07) is 12.8. The Morgan fingerprint density at radius 1 is 1.32 bits per heavy atom. The van der Waals surface area contributed by atoms with Crippen LogP contribution in [0.2, 0.25) is 0 Å². The number of halogens is 1. The van der Waals surface area contributed by atoms with Gasteiger partial charge in [0, 0.05) is 37.2 Å². The van der Waals surface area contributed by atoms with Gasteiger partial charge in [-0.2, -0.15) is 9.78 Å². The number of carbonyl (C=O) groups excluding carboxylic acids is 1. The second-order valence-electron chi connectivity index (χ2n) is 9.00. The molecule has 0 unspecified atom stereocenters. The molecule has 0 spiro atoms. The average Bonchev–Trinajstić information content (AvgIpc) is 3.25. The quantitative estimate of drug-likeness (QED) is 0.444. The van der Waals surface area contributed by atoms with Crippen molar-refractivity contribution >= 4 is 44.1 Å². The minimum atomic E-state index is -3.35. The van der Waals surface area contributed by atoms with Crippen LogP contribution in [-0.4, -0.2) is 74.2 Å². The van der Waals surface area contributed by atoms with E-state index in [2.05, 4.69) is 34.3 Å². The minimum absolute atomic E-state index is 0.0650. The van der Waals surface area contributed by atoms with Gasteiger partial charge in [0.05, 0.1) is 48.2 Å². The van der Waals surface area contributed by atoms with Gasteiger partial charge in [0.1, 0.15) is 17.4 Å². The molecular weight excluding hydrogens is 509 g/mol. The molecule has 200 valence electrons. The molecule has 0 aliphatic carbocycles. The molecule has 9 nitrogen and oxygen atoms in total. The van der Waals surface area contributed by atoms with Gasteiger partial charge < -0.3 is 20.3 Å². The molecule has 2 aromatic carbocycles. The molecule has 1 fully saturated rings. The number of nitrogens with zero attached hydrogens (tertiary/aromatic N) is 3. The number of anilines is 2. The molecule has 2 atom stereocenters. The summed E-state index contributed by atoms with van der Waals surface area (Å²) < 4.78 is 45.2. The highest BCUT2D eigenvalue weighted by Crippen LogP contribution is 2.29. The Kier molecular flexibility index (Phi) is 7.92. The summed E-state index contributed by atoms with van der Waals surface area (Å²) in [6.45, 7) is 6.15. The summed E-state index contributed by atoms with van der Waals surface area (Å²) in [4.78, 5) is 13.3. The van der Waals surface area contributed by atoms with Crippen LogP contribution in [0.1, 0.15) is 19.0 Å². The number of piperidine rings is 1. The van der Waals surface area contributed by atoms with Crippen molar-refractivity contribution in [2.24, 2.45) is 0 Å². The first-order valence-corrected chi connectivity index (χ1v) is 13.9. The van der Waals surface area contributed by atoms with E-state index in [9.17, 15) is 17.6 Å². The van der Waals surface area contributed by atoms with Crippen LogP contribution in [0.25, 0.3) is 17.0 Å². The molecule has 2 N–H and O–H groups in total. The van der Waals surface area contributed by atoms with Crippen LogP contribution >= 0.6 is 0 Å². The van der Waals surface area contributed by atoms with Gasteiger partial charge >= 0.3 is 0 Å². The van der Waals surface area contributed by atoms with Crippen molar-refractivity contribution in [3.8, 4) is 17.7 Å². The first-order valence-electron chi connectivity index (χ1n) is 12.0. The molecule has 0 bridgehead atoms. The summed E-state index contributed by atoms with van der Waals surface area (Å²) in [6.07, 6.45) is 2.10. The molecule has 1 saturated heterocycles. The summed E-state index contributed by atoms with van der Waals surface area (Å²) in [5, 5.41) is 11.9. The monoisotopic (exact) mass is 539 g/mol. The van der Waals surface area contributed by atoms with Gasteiger partial charge in [-0.25, -0.2) is 12.8 Å². The largest absolute Gasteiger partial charge is 0.495 e. The maximum atomic E-state index is 14.8. The Hall–Kier alpha value is -4.04. The minimum Gasteiger partial charge on any atom is -0.495 e. The lowest BCUT2D eigenvalue weighted by atomic mass is 10.0. The fraction of sp³-hybridized carbons (Fsp3) is 0.333. The summed E-state index contributed by atoms with van der Waals surface area (Å²) in [5.41, 5.74) is 2.63. The molecule has 2 heterocycles. The molecule has 1 aliphatic rings. The molecule has 0 radical (unpaired) electrons. The predicted molar refractivity (Wildman–Crippen MR) is 147 cm³/mol. The van der Waals surface area contributed by atoms with Gasteiger partial charge in [-0.05, 0) is 30.7 Å². The second-order valence-corrected chi connectivity index (χ2v) is 11.0. The van der Waals surface area contributed by atoms with Crippen molar-refractivity contribution in [3.63, 3.8) is 0 Å². The van der Waals surface area contributed by atoms with Gasteiger partial charge in [-0.15, -0.1) is 0 Å². The Morgan fingerprint density at radius 3 is 2.76 bits per heavy atom. The Morgan fingerprint density at radius 2 is 2.11 bits per heavy atom. The zero-order valence-electron chi connectivity index (χ0n) is 21.5. The number of carbonyl (C=O) groups is 1. The lowest BCUT2D eigenvalue weighted by Gasteiger charge is -2.35. The molecule has 4 rings (SSSR count). The number of hydrogen-bond donors (Lipinski definition) is 2. The van der Waals surface area contributed by atoms with Crippen LogP contribution in [-0.2, 0) is 14.6 Å². The number of methoxy groups -OCH3 is 1.